The predicted molar refractivity (Wildman–Crippen MR) is 81.9 cm³/mol. The van der Waals surface area contributed by atoms with Gasteiger partial charge in [-0.3, -0.25) is 10.1 Å². The summed E-state index contributed by atoms with van der Waals surface area (Å²) in [6, 6.07) is 4.17. The molecule has 0 saturated carbocycles. The lowest BCUT2D eigenvalue weighted by molar-refractivity contribution is -0.384. The molecule has 0 aliphatic rings. The van der Waals surface area contributed by atoms with Crippen LogP contribution in [0.5, 0.6) is 0 Å². The van der Waals surface area contributed by atoms with Crippen molar-refractivity contribution < 1.29 is 14.8 Å². The zero-order valence-corrected chi connectivity index (χ0v) is 12.5. The Labute approximate surface area is 124 Å². The van der Waals surface area contributed by atoms with Crippen molar-refractivity contribution in [3.8, 4) is 0 Å². The number of unbranched alkanes of at least 4 members (excludes halogenated alkanes) is 1. The standard InChI is InChI=1S/C15H22N2O4/c1-3-5-8-11(7-4-2)16-14-12(15(18)19)9-6-10-13(14)17(20)21/h6,9-11,16H,3-5,7-8H2,1-2H3,(H,18,19). The minimum Gasteiger partial charge on any atom is -0.478 e. The quantitative estimate of drug-likeness (QED) is 0.529. The monoisotopic (exact) mass is 294 g/mol. The van der Waals surface area contributed by atoms with E-state index < -0.39 is 10.9 Å². The van der Waals surface area contributed by atoms with E-state index in [1.165, 1.54) is 18.2 Å². The summed E-state index contributed by atoms with van der Waals surface area (Å²) in [4.78, 5) is 21.9. The van der Waals surface area contributed by atoms with Crippen LogP contribution in [0.2, 0.25) is 0 Å². The van der Waals surface area contributed by atoms with Crippen LogP contribution < -0.4 is 5.32 Å². The Bertz CT molecular complexity index is 470. The number of benzene rings is 1. The van der Waals surface area contributed by atoms with Crippen LogP contribution in [0.25, 0.3) is 0 Å². The molecule has 2 N–H and O–H groups in total. The van der Waals surface area contributed by atoms with Gasteiger partial charge in [-0.2, -0.15) is 0 Å². The molecule has 0 bridgehead atoms. The van der Waals surface area contributed by atoms with Gasteiger partial charge in [-0.15, -0.1) is 0 Å². The van der Waals surface area contributed by atoms with Crippen LogP contribution in [0.15, 0.2) is 18.2 Å². The van der Waals surface area contributed by atoms with Crippen LogP contribution in [0.4, 0.5) is 11.4 Å². The molecule has 21 heavy (non-hydrogen) atoms. The Morgan fingerprint density at radius 2 is 2.05 bits per heavy atom. The van der Waals surface area contributed by atoms with E-state index in [1.807, 2.05) is 6.92 Å². The SMILES string of the molecule is CCCCC(CCC)Nc1c(C(=O)O)cccc1[N+](=O)[O-]. The molecule has 0 saturated heterocycles. The largest absolute Gasteiger partial charge is 0.478 e. The molecule has 0 aromatic heterocycles. The summed E-state index contributed by atoms with van der Waals surface area (Å²) in [7, 11) is 0. The van der Waals surface area contributed by atoms with Gasteiger partial charge in [-0.1, -0.05) is 39.2 Å². The van der Waals surface area contributed by atoms with Crippen LogP contribution in [-0.4, -0.2) is 22.0 Å². The molecule has 1 atom stereocenters. The van der Waals surface area contributed by atoms with Gasteiger partial charge in [0.15, 0.2) is 0 Å². The van der Waals surface area contributed by atoms with Crippen molar-refractivity contribution in [2.45, 2.75) is 52.0 Å². The molecule has 0 amide bonds. The summed E-state index contributed by atoms with van der Waals surface area (Å²) < 4.78 is 0. The van der Waals surface area contributed by atoms with Gasteiger partial charge in [0, 0.05) is 12.1 Å². The summed E-state index contributed by atoms with van der Waals surface area (Å²) in [6.45, 7) is 4.12. The van der Waals surface area contributed by atoms with Crippen molar-refractivity contribution >= 4 is 17.3 Å². The summed E-state index contributed by atoms with van der Waals surface area (Å²) >= 11 is 0. The van der Waals surface area contributed by atoms with Gasteiger partial charge < -0.3 is 10.4 Å². The summed E-state index contributed by atoms with van der Waals surface area (Å²) in [6.07, 6.45) is 4.69. The lowest BCUT2D eigenvalue weighted by atomic mass is 10.0. The van der Waals surface area contributed by atoms with Crippen LogP contribution >= 0.6 is 0 Å². The van der Waals surface area contributed by atoms with Gasteiger partial charge in [0.1, 0.15) is 5.69 Å². The highest BCUT2D eigenvalue weighted by molar-refractivity contribution is 5.96. The molecule has 0 aliphatic carbocycles. The highest BCUT2D eigenvalue weighted by atomic mass is 16.6. The first-order chi connectivity index (χ1) is 10.0. The smallest absolute Gasteiger partial charge is 0.338 e. The minimum absolute atomic E-state index is 0.0501. The molecule has 0 radical (unpaired) electrons. The molecule has 6 heteroatoms. The van der Waals surface area contributed by atoms with Gasteiger partial charge in [0.05, 0.1) is 10.5 Å². The molecule has 1 aromatic carbocycles. The first-order valence-corrected chi connectivity index (χ1v) is 7.28. The Kier molecular flexibility index (Phi) is 6.65. The molecular formula is C15H22N2O4. The molecule has 1 aromatic rings. The number of nitro benzene ring substituents is 1. The fourth-order valence-corrected chi connectivity index (χ4v) is 2.31. The molecule has 0 heterocycles. The number of hydrogen-bond donors (Lipinski definition) is 2. The fraction of sp³-hybridized carbons (Fsp3) is 0.533. The molecular weight excluding hydrogens is 272 g/mol. The van der Waals surface area contributed by atoms with Crippen molar-refractivity contribution in [3.05, 3.63) is 33.9 Å². The maximum absolute atomic E-state index is 11.3. The van der Waals surface area contributed by atoms with Crippen LogP contribution in [0, 0.1) is 10.1 Å². The number of hydrogen-bond acceptors (Lipinski definition) is 4. The Morgan fingerprint density at radius 1 is 1.33 bits per heavy atom. The fourth-order valence-electron chi connectivity index (χ4n) is 2.31. The van der Waals surface area contributed by atoms with Gasteiger partial charge >= 0.3 is 5.97 Å². The average molecular weight is 294 g/mol. The van der Waals surface area contributed by atoms with Crippen molar-refractivity contribution in [2.75, 3.05) is 5.32 Å². The Balaban J connectivity index is 3.12. The van der Waals surface area contributed by atoms with Crippen LogP contribution in [0.1, 0.15) is 56.3 Å². The number of nitrogens with zero attached hydrogens (tertiary/aromatic N) is 1. The molecule has 0 spiro atoms. The van der Waals surface area contributed by atoms with E-state index in [9.17, 15) is 20.0 Å². The Morgan fingerprint density at radius 3 is 2.57 bits per heavy atom. The number of nitro groups is 1. The van der Waals surface area contributed by atoms with E-state index >= 15 is 0 Å². The summed E-state index contributed by atoms with van der Waals surface area (Å²) in [5.74, 6) is -1.16. The number of nitrogens with one attached hydrogen (secondary N) is 1. The molecule has 0 aliphatic heterocycles. The van der Waals surface area contributed by atoms with Crippen molar-refractivity contribution in [1.82, 2.24) is 0 Å². The van der Waals surface area contributed by atoms with E-state index in [2.05, 4.69) is 12.2 Å². The third kappa shape index (κ3) is 4.73. The van der Waals surface area contributed by atoms with Crippen LogP contribution in [0.3, 0.4) is 0 Å². The third-order valence-corrected chi connectivity index (χ3v) is 3.36. The van der Waals surface area contributed by atoms with Gasteiger partial charge in [0.25, 0.3) is 5.69 Å². The van der Waals surface area contributed by atoms with Gasteiger partial charge in [0.2, 0.25) is 0 Å². The van der Waals surface area contributed by atoms with Crippen molar-refractivity contribution in [1.29, 1.82) is 0 Å². The second kappa shape index (κ2) is 8.24. The van der Waals surface area contributed by atoms with E-state index in [-0.39, 0.29) is 23.0 Å². The van der Waals surface area contributed by atoms with E-state index in [0.717, 1.165) is 32.1 Å². The number of para-hydroxylation sites is 1. The molecule has 1 rings (SSSR count). The first-order valence-electron chi connectivity index (χ1n) is 7.28. The minimum atomic E-state index is -1.16. The number of aromatic carboxylic acids is 1. The number of rotatable bonds is 9. The lowest BCUT2D eigenvalue weighted by Gasteiger charge is -2.20. The van der Waals surface area contributed by atoms with E-state index in [1.54, 1.807) is 0 Å². The number of carboxylic acid groups (broad SMARTS) is 1. The van der Waals surface area contributed by atoms with Crippen molar-refractivity contribution in [3.63, 3.8) is 0 Å². The number of carbonyl (C=O) groups is 1. The lowest BCUT2D eigenvalue weighted by Crippen LogP contribution is -2.21. The highest BCUT2D eigenvalue weighted by Crippen LogP contribution is 2.30. The molecule has 6 nitrogen and oxygen atoms in total. The number of anilines is 1. The van der Waals surface area contributed by atoms with Gasteiger partial charge in [-0.05, 0) is 18.9 Å². The van der Waals surface area contributed by atoms with E-state index in [0.29, 0.717) is 0 Å². The second-order valence-electron chi connectivity index (χ2n) is 5.03. The molecule has 116 valence electrons. The summed E-state index contributed by atoms with van der Waals surface area (Å²) in [5.41, 5.74) is -0.126. The highest BCUT2D eigenvalue weighted by Gasteiger charge is 2.23. The van der Waals surface area contributed by atoms with Crippen LogP contribution in [-0.2, 0) is 0 Å². The predicted octanol–water partition coefficient (Wildman–Crippen LogP) is 4.06. The molecule has 1 unspecified atom stereocenters. The summed E-state index contributed by atoms with van der Waals surface area (Å²) in [5, 5.41) is 23.4. The second-order valence-corrected chi connectivity index (χ2v) is 5.03. The third-order valence-electron chi connectivity index (χ3n) is 3.36. The van der Waals surface area contributed by atoms with E-state index in [4.69, 9.17) is 0 Å². The first kappa shape index (κ1) is 16.9. The average Bonchev–Trinajstić information content (AvgIpc) is 2.44. The van der Waals surface area contributed by atoms with Crippen molar-refractivity contribution in [2.24, 2.45) is 0 Å². The van der Waals surface area contributed by atoms with Gasteiger partial charge in [-0.25, -0.2) is 4.79 Å². The maximum atomic E-state index is 11.3. The Hall–Kier alpha value is -2.11. The maximum Gasteiger partial charge on any atom is 0.338 e. The topological polar surface area (TPSA) is 92.5 Å². The zero-order valence-electron chi connectivity index (χ0n) is 12.5. The molecule has 0 fully saturated rings. The normalized spacial score (nSPS) is 11.9. The number of carboxylic acids is 1. The zero-order chi connectivity index (χ0) is 15.8.